The Morgan fingerprint density at radius 2 is 2.14 bits per heavy atom. The lowest BCUT2D eigenvalue weighted by Crippen LogP contribution is -2.04. The molecule has 0 spiro atoms. The second kappa shape index (κ2) is 7.47. The third-order valence-electron chi connectivity index (χ3n) is 3.30. The molecule has 1 aromatic heterocycles. The van der Waals surface area contributed by atoms with Crippen LogP contribution in [0.25, 0.3) is 0 Å². The molecule has 5 heteroatoms. The number of methoxy groups -OCH3 is 1. The summed E-state index contributed by atoms with van der Waals surface area (Å²) in [5.41, 5.74) is 0.579. The molecule has 0 aliphatic heterocycles. The minimum Gasteiger partial charge on any atom is -0.493 e. The Labute approximate surface area is 124 Å². The summed E-state index contributed by atoms with van der Waals surface area (Å²) in [6, 6.07) is 5.17. The number of hydrogen-bond donors (Lipinski definition) is 0. The van der Waals surface area contributed by atoms with Gasteiger partial charge in [0, 0.05) is 24.5 Å². The molecule has 0 aliphatic rings. The molecule has 2 rings (SSSR count). The number of hydrogen-bond acceptors (Lipinski definition) is 4. The molecule has 21 heavy (non-hydrogen) atoms. The average Bonchev–Trinajstić information content (AvgIpc) is 2.92. The highest BCUT2D eigenvalue weighted by Crippen LogP contribution is 2.27. The van der Waals surface area contributed by atoms with E-state index in [2.05, 4.69) is 9.55 Å². The lowest BCUT2D eigenvalue weighted by molar-refractivity contribution is 0.112. The third-order valence-corrected chi connectivity index (χ3v) is 3.30. The van der Waals surface area contributed by atoms with Gasteiger partial charge in [-0.05, 0) is 38.0 Å². The Morgan fingerprint density at radius 3 is 2.81 bits per heavy atom. The monoisotopic (exact) mass is 288 g/mol. The quantitative estimate of drug-likeness (QED) is 0.553. The molecule has 0 saturated carbocycles. The first-order valence-electron chi connectivity index (χ1n) is 6.98. The SMILES string of the molecule is COc1cc(C=O)ccc1OCCCCn1ccnc1C. The lowest BCUT2D eigenvalue weighted by atomic mass is 10.2. The predicted molar refractivity (Wildman–Crippen MR) is 80.1 cm³/mol. The Bertz CT molecular complexity index is 593. The first-order valence-corrected chi connectivity index (χ1v) is 6.98. The van der Waals surface area contributed by atoms with Gasteiger partial charge < -0.3 is 14.0 Å². The van der Waals surface area contributed by atoms with Crippen molar-refractivity contribution < 1.29 is 14.3 Å². The number of nitrogens with zero attached hydrogens (tertiary/aromatic N) is 2. The molecule has 5 nitrogen and oxygen atoms in total. The number of imidazole rings is 1. The van der Waals surface area contributed by atoms with Gasteiger partial charge >= 0.3 is 0 Å². The van der Waals surface area contributed by atoms with Crippen LogP contribution in [0.3, 0.4) is 0 Å². The van der Waals surface area contributed by atoms with Gasteiger partial charge in [-0.25, -0.2) is 4.98 Å². The molecule has 1 aromatic carbocycles. The van der Waals surface area contributed by atoms with Crippen LogP contribution in [0.1, 0.15) is 29.0 Å². The van der Waals surface area contributed by atoms with E-state index < -0.39 is 0 Å². The van der Waals surface area contributed by atoms with Crippen LogP contribution >= 0.6 is 0 Å². The summed E-state index contributed by atoms with van der Waals surface area (Å²) in [7, 11) is 1.57. The van der Waals surface area contributed by atoms with Crippen molar-refractivity contribution in [2.75, 3.05) is 13.7 Å². The molecule has 0 aliphatic carbocycles. The van der Waals surface area contributed by atoms with Gasteiger partial charge in [0.1, 0.15) is 12.1 Å². The molecular weight excluding hydrogens is 268 g/mol. The van der Waals surface area contributed by atoms with E-state index in [4.69, 9.17) is 9.47 Å². The molecule has 0 amide bonds. The topological polar surface area (TPSA) is 53.4 Å². The van der Waals surface area contributed by atoms with Gasteiger partial charge in [-0.15, -0.1) is 0 Å². The zero-order chi connectivity index (χ0) is 15.1. The van der Waals surface area contributed by atoms with Crippen molar-refractivity contribution in [3.8, 4) is 11.5 Å². The minimum atomic E-state index is 0.579. The zero-order valence-electron chi connectivity index (χ0n) is 12.4. The Hall–Kier alpha value is -2.30. The average molecular weight is 288 g/mol. The summed E-state index contributed by atoms with van der Waals surface area (Å²) in [6.07, 6.45) is 6.55. The number of benzene rings is 1. The van der Waals surface area contributed by atoms with Crippen molar-refractivity contribution >= 4 is 6.29 Å². The molecule has 0 N–H and O–H groups in total. The van der Waals surface area contributed by atoms with Crippen LogP contribution in [-0.2, 0) is 6.54 Å². The molecule has 0 unspecified atom stereocenters. The van der Waals surface area contributed by atoms with E-state index in [1.54, 1.807) is 25.3 Å². The van der Waals surface area contributed by atoms with Crippen LogP contribution in [0.15, 0.2) is 30.6 Å². The van der Waals surface area contributed by atoms with E-state index >= 15 is 0 Å². The molecule has 1 heterocycles. The first-order chi connectivity index (χ1) is 10.2. The van der Waals surface area contributed by atoms with Crippen molar-refractivity contribution in [3.63, 3.8) is 0 Å². The third kappa shape index (κ3) is 4.08. The Morgan fingerprint density at radius 1 is 1.29 bits per heavy atom. The molecule has 0 bridgehead atoms. The second-order valence-electron chi connectivity index (χ2n) is 4.75. The van der Waals surface area contributed by atoms with Crippen LogP contribution in [0.2, 0.25) is 0 Å². The summed E-state index contributed by atoms with van der Waals surface area (Å²) >= 11 is 0. The van der Waals surface area contributed by atoms with E-state index in [0.717, 1.165) is 31.5 Å². The number of aromatic nitrogens is 2. The highest BCUT2D eigenvalue weighted by Gasteiger charge is 2.05. The normalized spacial score (nSPS) is 10.4. The van der Waals surface area contributed by atoms with Crippen LogP contribution in [-0.4, -0.2) is 29.6 Å². The van der Waals surface area contributed by atoms with Crippen molar-refractivity contribution in [2.45, 2.75) is 26.3 Å². The fourth-order valence-electron chi connectivity index (χ4n) is 2.08. The first kappa shape index (κ1) is 15.1. The zero-order valence-corrected chi connectivity index (χ0v) is 12.4. The van der Waals surface area contributed by atoms with Crippen molar-refractivity contribution in [1.29, 1.82) is 0 Å². The van der Waals surface area contributed by atoms with E-state index in [1.165, 1.54) is 0 Å². The molecule has 2 aromatic rings. The predicted octanol–water partition coefficient (Wildman–Crippen LogP) is 2.87. The fourth-order valence-corrected chi connectivity index (χ4v) is 2.08. The molecule has 0 radical (unpaired) electrons. The Balaban J connectivity index is 1.78. The maximum Gasteiger partial charge on any atom is 0.161 e. The van der Waals surface area contributed by atoms with Gasteiger partial charge in [-0.2, -0.15) is 0 Å². The highest BCUT2D eigenvalue weighted by atomic mass is 16.5. The minimum absolute atomic E-state index is 0.579. The molecule has 0 fully saturated rings. The van der Waals surface area contributed by atoms with Gasteiger partial charge in [0.25, 0.3) is 0 Å². The second-order valence-corrected chi connectivity index (χ2v) is 4.75. The van der Waals surface area contributed by atoms with Gasteiger partial charge in [-0.1, -0.05) is 0 Å². The van der Waals surface area contributed by atoms with Crippen LogP contribution in [0.4, 0.5) is 0 Å². The Kier molecular flexibility index (Phi) is 5.37. The van der Waals surface area contributed by atoms with Crippen molar-refractivity contribution in [2.24, 2.45) is 0 Å². The fraction of sp³-hybridized carbons (Fsp3) is 0.375. The summed E-state index contributed by atoms with van der Waals surface area (Å²) in [5.74, 6) is 2.29. The lowest BCUT2D eigenvalue weighted by Gasteiger charge is -2.11. The maximum absolute atomic E-state index is 10.7. The van der Waals surface area contributed by atoms with Gasteiger partial charge in [0.05, 0.1) is 13.7 Å². The number of rotatable bonds is 8. The van der Waals surface area contributed by atoms with Crippen molar-refractivity contribution in [1.82, 2.24) is 9.55 Å². The van der Waals surface area contributed by atoms with Gasteiger partial charge in [-0.3, -0.25) is 4.79 Å². The van der Waals surface area contributed by atoms with Gasteiger partial charge in [0.2, 0.25) is 0 Å². The number of unbranched alkanes of at least 4 members (excludes halogenated alkanes) is 1. The summed E-state index contributed by atoms with van der Waals surface area (Å²) in [6.45, 7) is 3.55. The number of carbonyl (C=O) groups excluding carboxylic acids is 1. The summed E-state index contributed by atoms with van der Waals surface area (Å²) in [4.78, 5) is 14.9. The standard InChI is InChI=1S/C16H20N2O3/c1-13-17-7-9-18(13)8-3-4-10-21-15-6-5-14(12-19)11-16(15)20-2/h5-7,9,11-12H,3-4,8,10H2,1-2H3. The van der Waals surface area contributed by atoms with E-state index in [-0.39, 0.29) is 0 Å². The highest BCUT2D eigenvalue weighted by molar-refractivity contribution is 5.76. The summed E-state index contributed by atoms with van der Waals surface area (Å²) < 4.78 is 13.1. The molecule has 0 atom stereocenters. The molecular formula is C16H20N2O3. The van der Waals surface area contributed by atoms with Crippen LogP contribution in [0, 0.1) is 6.92 Å². The van der Waals surface area contributed by atoms with Crippen LogP contribution < -0.4 is 9.47 Å². The number of aldehydes is 1. The van der Waals surface area contributed by atoms with Crippen molar-refractivity contribution in [3.05, 3.63) is 42.0 Å². The van der Waals surface area contributed by atoms with Crippen LogP contribution in [0.5, 0.6) is 11.5 Å². The number of aryl methyl sites for hydroxylation is 2. The summed E-state index contributed by atoms with van der Waals surface area (Å²) in [5, 5.41) is 0. The number of ether oxygens (including phenoxy) is 2. The van der Waals surface area contributed by atoms with E-state index in [1.807, 2.05) is 19.3 Å². The molecule has 0 saturated heterocycles. The molecule has 112 valence electrons. The maximum atomic E-state index is 10.7. The van der Waals surface area contributed by atoms with E-state index in [0.29, 0.717) is 23.7 Å². The van der Waals surface area contributed by atoms with E-state index in [9.17, 15) is 4.79 Å². The van der Waals surface area contributed by atoms with Gasteiger partial charge in [0.15, 0.2) is 11.5 Å². The number of carbonyl (C=O) groups is 1. The largest absolute Gasteiger partial charge is 0.493 e. The smallest absolute Gasteiger partial charge is 0.161 e.